The number of amides is 3. The fraction of sp³-hybridized carbons (Fsp3) is 0.250. The maximum absolute atomic E-state index is 13.4. The second kappa shape index (κ2) is 7.80. The quantitative estimate of drug-likeness (QED) is 0.638. The molecule has 3 aromatic carbocycles. The van der Waals surface area contributed by atoms with E-state index in [9.17, 15) is 9.59 Å². The number of carbonyl (C=O) groups is 2. The Morgan fingerprint density at radius 1 is 1.00 bits per heavy atom. The molecule has 0 unspecified atom stereocenters. The van der Waals surface area contributed by atoms with Gasteiger partial charge >= 0.3 is 6.03 Å². The lowest BCUT2D eigenvalue weighted by Crippen LogP contribution is -2.43. The van der Waals surface area contributed by atoms with Gasteiger partial charge in [-0.3, -0.25) is 9.69 Å². The molecule has 1 saturated heterocycles. The van der Waals surface area contributed by atoms with Crippen LogP contribution < -0.4 is 10.1 Å². The molecule has 0 aromatic heterocycles. The molecule has 3 aromatic rings. The van der Waals surface area contributed by atoms with E-state index in [1.54, 1.807) is 14.0 Å². The van der Waals surface area contributed by atoms with Crippen LogP contribution in [0.3, 0.4) is 0 Å². The van der Waals surface area contributed by atoms with Gasteiger partial charge in [-0.05, 0) is 48.0 Å². The van der Waals surface area contributed by atoms with Crippen LogP contribution in [0.1, 0.15) is 18.1 Å². The fourth-order valence-electron chi connectivity index (χ4n) is 4.00. The molecular weight excluding hydrogens is 378 g/mol. The number of nitrogens with zero attached hydrogens (tertiary/aromatic N) is 2. The molecular formula is C24H25N3O3. The topological polar surface area (TPSA) is 61.9 Å². The van der Waals surface area contributed by atoms with Crippen LogP contribution in [0.2, 0.25) is 0 Å². The van der Waals surface area contributed by atoms with Gasteiger partial charge in [0.15, 0.2) is 0 Å². The molecule has 6 heteroatoms. The standard InChI is InChI=1S/C24H25N3O3/c1-24(21-10-6-8-18-7-4-5-9-20(18)21)22(28)27(23(29)25-24)16-26(2)15-17-11-13-19(30-3)14-12-17/h4-14H,15-16H2,1-3H3,(H,25,29)/t24-/m0/s1. The highest BCUT2D eigenvalue weighted by Gasteiger charge is 2.49. The summed E-state index contributed by atoms with van der Waals surface area (Å²) in [6.07, 6.45) is 0. The summed E-state index contributed by atoms with van der Waals surface area (Å²) in [6, 6.07) is 21.1. The Labute approximate surface area is 176 Å². The first-order valence-corrected chi connectivity index (χ1v) is 9.86. The molecule has 6 nitrogen and oxygen atoms in total. The van der Waals surface area contributed by atoms with Crippen molar-refractivity contribution in [3.63, 3.8) is 0 Å². The highest BCUT2D eigenvalue weighted by atomic mass is 16.5. The number of carbonyl (C=O) groups excluding carboxylic acids is 2. The van der Waals surface area contributed by atoms with E-state index < -0.39 is 5.54 Å². The molecule has 0 spiro atoms. The summed E-state index contributed by atoms with van der Waals surface area (Å²) >= 11 is 0. The number of imide groups is 1. The highest BCUT2D eigenvalue weighted by molar-refractivity contribution is 6.09. The van der Waals surface area contributed by atoms with Gasteiger partial charge in [-0.25, -0.2) is 9.69 Å². The first-order valence-electron chi connectivity index (χ1n) is 9.86. The van der Waals surface area contributed by atoms with Gasteiger partial charge in [-0.15, -0.1) is 0 Å². The number of ether oxygens (including phenoxy) is 1. The Balaban J connectivity index is 1.54. The number of nitrogens with one attached hydrogen (secondary N) is 1. The number of benzene rings is 3. The van der Waals surface area contributed by atoms with Crippen molar-refractivity contribution < 1.29 is 14.3 Å². The van der Waals surface area contributed by atoms with Crippen LogP contribution in [-0.4, -0.2) is 42.6 Å². The van der Waals surface area contributed by atoms with Gasteiger partial charge in [0.25, 0.3) is 5.91 Å². The van der Waals surface area contributed by atoms with E-state index in [0.717, 1.165) is 27.6 Å². The van der Waals surface area contributed by atoms with E-state index in [1.165, 1.54) is 4.90 Å². The fourth-order valence-corrected chi connectivity index (χ4v) is 4.00. The number of urea groups is 1. The zero-order valence-corrected chi connectivity index (χ0v) is 17.4. The highest BCUT2D eigenvalue weighted by Crippen LogP contribution is 2.33. The zero-order valence-electron chi connectivity index (χ0n) is 17.4. The first kappa shape index (κ1) is 19.9. The third-order valence-corrected chi connectivity index (χ3v) is 5.60. The van der Waals surface area contributed by atoms with E-state index in [0.29, 0.717) is 6.54 Å². The monoisotopic (exact) mass is 403 g/mol. The van der Waals surface area contributed by atoms with E-state index in [2.05, 4.69) is 5.32 Å². The maximum Gasteiger partial charge on any atom is 0.326 e. The molecule has 1 aliphatic heterocycles. The molecule has 30 heavy (non-hydrogen) atoms. The van der Waals surface area contributed by atoms with Crippen LogP contribution >= 0.6 is 0 Å². The van der Waals surface area contributed by atoms with Crippen LogP contribution in [-0.2, 0) is 16.9 Å². The van der Waals surface area contributed by atoms with Gasteiger partial charge in [0.1, 0.15) is 11.3 Å². The summed E-state index contributed by atoms with van der Waals surface area (Å²) in [7, 11) is 3.52. The minimum absolute atomic E-state index is 0.205. The van der Waals surface area contributed by atoms with Crippen molar-refractivity contribution in [2.24, 2.45) is 0 Å². The molecule has 1 N–H and O–H groups in total. The normalized spacial score (nSPS) is 18.9. The third-order valence-electron chi connectivity index (χ3n) is 5.60. The van der Waals surface area contributed by atoms with Gasteiger partial charge in [-0.2, -0.15) is 0 Å². The van der Waals surface area contributed by atoms with Crippen molar-refractivity contribution in [3.05, 3.63) is 77.9 Å². The van der Waals surface area contributed by atoms with Gasteiger partial charge < -0.3 is 10.1 Å². The Morgan fingerprint density at radius 3 is 2.43 bits per heavy atom. The van der Waals surface area contributed by atoms with Crippen LogP contribution in [0.4, 0.5) is 4.79 Å². The summed E-state index contributed by atoms with van der Waals surface area (Å²) in [5.74, 6) is 0.548. The SMILES string of the molecule is COc1ccc(CN(C)CN2C(=O)N[C@@](C)(c3cccc4ccccc34)C2=O)cc1. The number of fused-ring (bicyclic) bond motifs is 1. The minimum Gasteiger partial charge on any atom is -0.497 e. The molecule has 1 fully saturated rings. The van der Waals surface area contributed by atoms with Gasteiger partial charge in [0.2, 0.25) is 0 Å². The molecule has 0 radical (unpaired) electrons. The third kappa shape index (κ3) is 3.50. The Bertz CT molecular complexity index is 1090. The lowest BCUT2D eigenvalue weighted by molar-refractivity contribution is -0.132. The van der Waals surface area contributed by atoms with Crippen LogP contribution in [0.15, 0.2) is 66.7 Å². The Hall–Kier alpha value is -3.38. The van der Waals surface area contributed by atoms with Crippen molar-refractivity contribution in [2.45, 2.75) is 19.0 Å². The number of hydrogen-bond donors (Lipinski definition) is 1. The van der Waals surface area contributed by atoms with Crippen molar-refractivity contribution in [1.29, 1.82) is 0 Å². The molecule has 0 bridgehead atoms. The average molecular weight is 403 g/mol. The van der Waals surface area contributed by atoms with Crippen molar-refractivity contribution >= 4 is 22.7 Å². The van der Waals surface area contributed by atoms with E-state index in [1.807, 2.05) is 78.7 Å². The smallest absolute Gasteiger partial charge is 0.326 e. The first-order chi connectivity index (χ1) is 14.4. The molecule has 3 amide bonds. The Morgan fingerprint density at radius 2 is 1.70 bits per heavy atom. The second-order valence-corrected chi connectivity index (χ2v) is 7.82. The van der Waals surface area contributed by atoms with Crippen LogP contribution in [0.25, 0.3) is 10.8 Å². The molecule has 4 rings (SSSR count). The van der Waals surface area contributed by atoms with Crippen molar-refractivity contribution in [3.8, 4) is 5.75 Å². The van der Waals surface area contributed by atoms with Gasteiger partial charge in [0.05, 0.1) is 13.8 Å². The van der Waals surface area contributed by atoms with E-state index >= 15 is 0 Å². The van der Waals surface area contributed by atoms with E-state index in [-0.39, 0.29) is 18.6 Å². The summed E-state index contributed by atoms with van der Waals surface area (Å²) < 4.78 is 5.19. The largest absolute Gasteiger partial charge is 0.497 e. The molecule has 0 saturated carbocycles. The Kier molecular flexibility index (Phi) is 5.18. The van der Waals surface area contributed by atoms with Crippen LogP contribution in [0, 0.1) is 0 Å². The van der Waals surface area contributed by atoms with E-state index in [4.69, 9.17) is 4.74 Å². The maximum atomic E-state index is 13.4. The predicted octanol–water partition coefficient (Wildman–Crippen LogP) is 3.70. The van der Waals surface area contributed by atoms with Crippen molar-refractivity contribution in [2.75, 3.05) is 20.8 Å². The van der Waals surface area contributed by atoms with Gasteiger partial charge in [-0.1, -0.05) is 54.6 Å². The molecule has 1 atom stereocenters. The predicted molar refractivity (Wildman–Crippen MR) is 116 cm³/mol. The number of hydrogen-bond acceptors (Lipinski definition) is 4. The number of rotatable bonds is 6. The zero-order chi connectivity index (χ0) is 21.3. The second-order valence-electron chi connectivity index (χ2n) is 7.82. The lowest BCUT2D eigenvalue weighted by Gasteiger charge is -2.26. The summed E-state index contributed by atoms with van der Waals surface area (Å²) in [4.78, 5) is 29.3. The lowest BCUT2D eigenvalue weighted by atomic mass is 9.88. The van der Waals surface area contributed by atoms with Gasteiger partial charge in [0, 0.05) is 6.54 Å². The van der Waals surface area contributed by atoms with Crippen molar-refractivity contribution in [1.82, 2.24) is 15.1 Å². The molecule has 154 valence electrons. The molecule has 0 aliphatic carbocycles. The summed E-state index contributed by atoms with van der Waals surface area (Å²) in [5.41, 5.74) is 0.778. The number of methoxy groups -OCH3 is 1. The average Bonchev–Trinajstić information content (AvgIpc) is 2.97. The summed E-state index contributed by atoms with van der Waals surface area (Å²) in [5, 5.41) is 4.92. The molecule has 1 heterocycles. The molecule has 1 aliphatic rings. The minimum atomic E-state index is -1.10. The summed E-state index contributed by atoms with van der Waals surface area (Å²) in [6.45, 7) is 2.58. The van der Waals surface area contributed by atoms with Crippen LogP contribution in [0.5, 0.6) is 5.75 Å².